The lowest BCUT2D eigenvalue weighted by Crippen LogP contribution is -2.24. The summed E-state index contributed by atoms with van der Waals surface area (Å²) in [6.07, 6.45) is 3.17. The zero-order valence-corrected chi connectivity index (χ0v) is 27.8. The van der Waals surface area contributed by atoms with Crippen molar-refractivity contribution in [3.63, 3.8) is 0 Å². The van der Waals surface area contributed by atoms with Gasteiger partial charge in [-0.3, -0.25) is 14.4 Å². The number of hydrogen-bond donors (Lipinski definition) is 2. The standard InChI is InChI=1S/C6H11NO2.2C6H6.C4H9NO.C4H8O.2C3H8.C2H6/c1-3-7-6(9)4-5(2)8;2*1-2-4-6-5-3-1;1-3-5-4(2)6;1-3-4(2)5;2*1-3-2;1-2/h3-4H2,1-2H3,(H,7,9);2*1-6H;3H2,1-2H3,(H,5,6);3H2,1-2H3;2*3H2,1-2H3;1-2H3. The number of Topliss-reactive ketones (excluding diaryl/α,β-unsaturated/α-hetero) is 2. The van der Waals surface area contributed by atoms with Crippen LogP contribution in [0.15, 0.2) is 72.8 Å². The minimum absolute atomic E-state index is 0.00778. The Labute approximate surface area is 247 Å². The summed E-state index contributed by atoms with van der Waals surface area (Å²) in [6.45, 7) is 23.9. The summed E-state index contributed by atoms with van der Waals surface area (Å²) < 4.78 is 0. The van der Waals surface area contributed by atoms with Crippen molar-refractivity contribution in [1.82, 2.24) is 10.6 Å². The average Bonchev–Trinajstić information content (AvgIpc) is 2.94. The van der Waals surface area contributed by atoms with Crippen LogP contribution in [0.2, 0.25) is 0 Å². The van der Waals surface area contributed by atoms with Gasteiger partial charge in [-0.15, -0.1) is 0 Å². The number of carbonyl (C=O) groups excluding carboxylic acids is 4. The molecule has 0 atom stereocenters. The quantitative estimate of drug-likeness (QED) is 0.358. The topological polar surface area (TPSA) is 92.3 Å². The number of benzene rings is 2. The van der Waals surface area contributed by atoms with Crippen LogP contribution < -0.4 is 10.6 Å². The Morgan fingerprint density at radius 1 is 0.475 bits per heavy atom. The minimum atomic E-state index is -0.190. The normalized spacial score (nSPS) is 7.50. The summed E-state index contributed by atoms with van der Waals surface area (Å²) in [5.41, 5.74) is 0. The lowest BCUT2D eigenvalue weighted by Gasteiger charge is -1.96. The highest BCUT2D eigenvalue weighted by atomic mass is 16.2. The fourth-order valence-corrected chi connectivity index (χ4v) is 1.50. The molecule has 0 bridgehead atoms. The second kappa shape index (κ2) is 52.2. The summed E-state index contributed by atoms with van der Waals surface area (Å²) >= 11 is 0. The average molecular weight is 563 g/mol. The van der Waals surface area contributed by atoms with E-state index in [2.05, 4.69) is 38.3 Å². The molecule has 0 aliphatic rings. The van der Waals surface area contributed by atoms with Crippen LogP contribution in [0.5, 0.6) is 0 Å². The Kier molecular flexibility index (Phi) is 64.8. The molecular formula is C34H62N2O4. The van der Waals surface area contributed by atoms with E-state index >= 15 is 0 Å². The highest BCUT2D eigenvalue weighted by Gasteiger charge is 2.00. The summed E-state index contributed by atoms with van der Waals surface area (Å²) in [5, 5.41) is 5.09. The van der Waals surface area contributed by atoms with Gasteiger partial charge in [-0.1, -0.05) is 134 Å². The molecule has 6 nitrogen and oxygen atoms in total. The second-order valence-corrected chi connectivity index (χ2v) is 7.70. The number of amides is 2. The van der Waals surface area contributed by atoms with Crippen LogP contribution in [0.4, 0.5) is 0 Å². The molecular weight excluding hydrogens is 500 g/mol. The predicted octanol–water partition coefficient (Wildman–Crippen LogP) is 8.46. The Bertz CT molecular complexity index is 634. The zero-order chi connectivity index (χ0) is 32.5. The molecule has 6 heteroatoms. The van der Waals surface area contributed by atoms with Gasteiger partial charge in [0.05, 0.1) is 6.42 Å². The maximum absolute atomic E-state index is 10.5. The molecule has 40 heavy (non-hydrogen) atoms. The number of carbonyl (C=O) groups is 4. The highest BCUT2D eigenvalue weighted by molar-refractivity contribution is 5.96. The molecule has 232 valence electrons. The fraction of sp³-hybridized carbons (Fsp3) is 0.529. The lowest BCUT2D eigenvalue weighted by molar-refractivity contribution is -0.127. The summed E-state index contributed by atoms with van der Waals surface area (Å²) in [5.74, 6) is 0.00782. The first-order valence-corrected chi connectivity index (χ1v) is 14.5. The first-order valence-electron chi connectivity index (χ1n) is 14.5. The molecule has 0 aliphatic carbocycles. The number of rotatable bonds is 5. The number of nitrogens with one attached hydrogen (secondary N) is 2. The van der Waals surface area contributed by atoms with Crippen LogP contribution in [-0.2, 0) is 19.2 Å². The zero-order valence-electron chi connectivity index (χ0n) is 27.8. The molecule has 0 aliphatic heterocycles. The molecule has 0 saturated heterocycles. The lowest BCUT2D eigenvalue weighted by atomic mass is 10.3. The van der Waals surface area contributed by atoms with Gasteiger partial charge in [0.2, 0.25) is 11.8 Å². The molecule has 0 fully saturated rings. The van der Waals surface area contributed by atoms with Crippen LogP contribution in [0.1, 0.15) is 109 Å². The van der Waals surface area contributed by atoms with Crippen LogP contribution in [0, 0.1) is 0 Å². The first kappa shape index (κ1) is 49.6. The third-order valence-electron chi connectivity index (χ3n) is 3.04. The third-order valence-corrected chi connectivity index (χ3v) is 3.04. The molecule has 0 unspecified atom stereocenters. The van der Waals surface area contributed by atoms with Crippen molar-refractivity contribution in [3.8, 4) is 0 Å². The van der Waals surface area contributed by atoms with Crippen LogP contribution >= 0.6 is 0 Å². The van der Waals surface area contributed by atoms with Gasteiger partial charge in [-0.05, 0) is 27.7 Å². The fourth-order valence-electron chi connectivity index (χ4n) is 1.50. The van der Waals surface area contributed by atoms with Gasteiger partial charge in [0.1, 0.15) is 11.6 Å². The molecule has 2 rings (SSSR count). The smallest absolute Gasteiger partial charge is 0.227 e. The number of ketones is 2. The summed E-state index contributed by atoms with van der Waals surface area (Å²) in [7, 11) is 0. The van der Waals surface area contributed by atoms with Gasteiger partial charge in [-0.25, -0.2) is 0 Å². The maximum Gasteiger partial charge on any atom is 0.227 e. The van der Waals surface area contributed by atoms with Gasteiger partial charge < -0.3 is 15.4 Å². The van der Waals surface area contributed by atoms with Crippen LogP contribution in [-0.4, -0.2) is 36.5 Å². The SMILES string of the molecule is CC.CCC.CCC.CCC(C)=O.CCNC(=O)CC(C)=O.CCNC(C)=O.c1ccccc1.c1ccccc1. The second-order valence-electron chi connectivity index (χ2n) is 7.70. The molecule has 2 aromatic carbocycles. The predicted molar refractivity (Wildman–Crippen MR) is 175 cm³/mol. The summed E-state index contributed by atoms with van der Waals surface area (Å²) in [6, 6.07) is 24.0. The molecule has 0 heterocycles. The molecule has 2 aromatic rings. The minimum Gasteiger partial charge on any atom is -0.357 e. The molecule has 0 saturated carbocycles. The summed E-state index contributed by atoms with van der Waals surface area (Å²) in [4.78, 5) is 40.5. The van der Waals surface area contributed by atoms with Gasteiger partial charge >= 0.3 is 0 Å². The van der Waals surface area contributed by atoms with Crippen LogP contribution in [0.3, 0.4) is 0 Å². The van der Waals surface area contributed by atoms with Crippen molar-refractivity contribution in [2.24, 2.45) is 0 Å². The van der Waals surface area contributed by atoms with E-state index in [9.17, 15) is 19.2 Å². The van der Waals surface area contributed by atoms with Crippen molar-refractivity contribution in [3.05, 3.63) is 72.8 Å². The first-order chi connectivity index (χ1) is 19.0. The Balaban J connectivity index is -0.0000000856. The van der Waals surface area contributed by atoms with E-state index in [-0.39, 0.29) is 29.8 Å². The van der Waals surface area contributed by atoms with Gasteiger partial charge in [0, 0.05) is 26.4 Å². The molecule has 0 radical (unpaired) electrons. The Morgan fingerprint density at radius 2 is 0.700 bits per heavy atom. The van der Waals surface area contributed by atoms with Crippen LogP contribution in [0.25, 0.3) is 0 Å². The van der Waals surface area contributed by atoms with Crippen molar-refractivity contribution < 1.29 is 19.2 Å². The van der Waals surface area contributed by atoms with E-state index in [0.29, 0.717) is 13.0 Å². The van der Waals surface area contributed by atoms with E-state index in [1.807, 2.05) is 107 Å². The molecule has 2 N–H and O–H groups in total. The van der Waals surface area contributed by atoms with Crippen molar-refractivity contribution >= 4 is 23.4 Å². The van der Waals surface area contributed by atoms with Crippen molar-refractivity contribution in [2.45, 2.75) is 109 Å². The number of hydrogen-bond acceptors (Lipinski definition) is 4. The molecule has 0 spiro atoms. The third kappa shape index (κ3) is 92.0. The van der Waals surface area contributed by atoms with Gasteiger partial charge in [0.15, 0.2) is 0 Å². The van der Waals surface area contributed by atoms with Gasteiger partial charge in [0.25, 0.3) is 0 Å². The van der Waals surface area contributed by atoms with E-state index in [4.69, 9.17) is 0 Å². The van der Waals surface area contributed by atoms with E-state index in [1.54, 1.807) is 6.92 Å². The largest absolute Gasteiger partial charge is 0.357 e. The van der Waals surface area contributed by atoms with E-state index in [1.165, 1.54) is 26.7 Å². The maximum atomic E-state index is 10.5. The molecule has 0 aromatic heterocycles. The van der Waals surface area contributed by atoms with Crippen molar-refractivity contribution in [1.29, 1.82) is 0 Å². The Hall–Kier alpha value is -3.28. The van der Waals surface area contributed by atoms with Crippen molar-refractivity contribution in [2.75, 3.05) is 13.1 Å². The monoisotopic (exact) mass is 562 g/mol. The Morgan fingerprint density at radius 3 is 0.800 bits per heavy atom. The van der Waals surface area contributed by atoms with E-state index < -0.39 is 0 Å². The van der Waals surface area contributed by atoms with E-state index in [0.717, 1.165) is 6.54 Å². The van der Waals surface area contributed by atoms with Gasteiger partial charge in [-0.2, -0.15) is 0 Å². The highest BCUT2D eigenvalue weighted by Crippen LogP contribution is 1.81. The molecule has 2 amide bonds.